The molecule has 0 aliphatic heterocycles. The Bertz CT molecular complexity index is 595. The van der Waals surface area contributed by atoms with E-state index in [-0.39, 0.29) is 5.41 Å². The van der Waals surface area contributed by atoms with Crippen LogP contribution in [0.25, 0.3) is 0 Å². The number of aliphatic hydroxyl groups is 1. The maximum Gasteiger partial charge on any atom is 0.345 e. The summed E-state index contributed by atoms with van der Waals surface area (Å²) in [5.41, 5.74) is 1.73. The fourth-order valence-corrected chi connectivity index (χ4v) is 1.97. The minimum absolute atomic E-state index is 0.0477. The molecule has 2 aromatic rings. The fraction of sp³-hybridized carbons (Fsp3) is 0.278. The Balaban J connectivity index is 2.06. The molecule has 3 nitrogen and oxygen atoms in total. The zero-order chi connectivity index (χ0) is 15.5. The number of benzene rings is 2. The Morgan fingerprint density at radius 1 is 1.00 bits per heavy atom. The minimum atomic E-state index is -1.27. The molecule has 0 aliphatic rings. The van der Waals surface area contributed by atoms with Crippen LogP contribution in [-0.2, 0) is 10.2 Å². The topological polar surface area (TPSA) is 46.5 Å². The van der Waals surface area contributed by atoms with Crippen LogP contribution in [0.4, 0.5) is 0 Å². The average molecular weight is 284 g/mol. The molecule has 0 aromatic heterocycles. The Hall–Kier alpha value is -2.13. The molecule has 1 atom stereocenters. The molecule has 2 rings (SSSR count). The third kappa shape index (κ3) is 3.92. The lowest BCUT2D eigenvalue weighted by atomic mass is 9.87. The Morgan fingerprint density at radius 3 is 2.10 bits per heavy atom. The second-order valence-electron chi connectivity index (χ2n) is 6.01. The van der Waals surface area contributed by atoms with Crippen LogP contribution in [0.3, 0.4) is 0 Å². The molecule has 21 heavy (non-hydrogen) atoms. The van der Waals surface area contributed by atoms with E-state index < -0.39 is 12.1 Å². The van der Waals surface area contributed by atoms with E-state index in [1.54, 1.807) is 36.4 Å². The largest absolute Gasteiger partial charge is 0.424 e. The molecule has 0 saturated carbocycles. The van der Waals surface area contributed by atoms with E-state index in [4.69, 9.17) is 4.74 Å². The van der Waals surface area contributed by atoms with Gasteiger partial charge in [-0.2, -0.15) is 0 Å². The summed E-state index contributed by atoms with van der Waals surface area (Å²) in [5.74, 6) is -0.243. The predicted molar refractivity (Wildman–Crippen MR) is 82.2 cm³/mol. The van der Waals surface area contributed by atoms with Crippen LogP contribution in [0.15, 0.2) is 54.6 Å². The van der Waals surface area contributed by atoms with Crippen LogP contribution in [-0.4, -0.2) is 11.1 Å². The van der Waals surface area contributed by atoms with E-state index in [0.717, 1.165) is 5.56 Å². The van der Waals surface area contributed by atoms with Gasteiger partial charge in [-0.1, -0.05) is 63.2 Å². The summed E-state index contributed by atoms with van der Waals surface area (Å²) in [5, 5.41) is 9.96. The molecule has 3 heteroatoms. The van der Waals surface area contributed by atoms with Gasteiger partial charge in [0.1, 0.15) is 5.75 Å². The van der Waals surface area contributed by atoms with Gasteiger partial charge in [-0.05, 0) is 28.7 Å². The van der Waals surface area contributed by atoms with Gasteiger partial charge in [-0.3, -0.25) is 0 Å². The van der Waals surface area contributed by atoms with E-state index in [9.17, 15) is 9.90 Å². The highest BCUT2D eigenvalue weighted by Crippen LogP contribution is 2.25. The summed E-state index contributed by atoms with van der Waals surface area (Å²) in [7, 11) is 0. The number of ether oxygens (including phenoxy) is 1. The van der Waals surface area contributed by atoms with Crippen LogP contribution >= 0.6 is 0 Å². The molecule has 1 unspecified atom stereocenters. The van der Waals surface area contributed by atoms with Gasteiger partial charge in [0.05, 0.1) is 0 Å². The lowest BCUT2D eigenvalue weighted by Crippen LogP contribution is -2.18. The smallest absolute Gasteiger partial charge is 0.345 e. The Labute approximate surface area is 125 Å². The van der Waals surface area contributed by atoms with Crippen molar-refractivity contribution < 1.29 is 14.6 Å². The van der Waals surface area contributed by atoms with E-state index in [2.05, 4.69) is 20.8 Å². The van der Waals surface area contributed by atoms with Gasteiger partial charge in [0.15, 0.2) is 6.10 Å². The molecule has 2 aromatic carbocycles. The normalized spacial score (nSPS) is 12.8. The van der Waals surface area contributed by atoms with Crippen LogP contribution in [0.2, 0.25) is 0 Å². The molecule has 1 N–H and O–H groups in total. The summed E-state index contributed by atoms with van der Waals surface area (Å²) in [6.07, 6.45) is -1.27. The molecule has 0 fully saturated rings. The van der Waals surface area contributed by atoms with Gasteiger partial charge in [-0.25, -0.2) is 4.79 Å². The molecule has 0 aliphatic carbocycles. The lowest BCUT2D eigenvalue weighted by molar-refractivity contribution is -0.144. The summed E-state index contributed by atoms with van der Waals surface area (Å²) >= 11 is 0. The first-order valence-electron chi connectivity index (χ1n) is 6.93. The first-order chi connectivity index (χ1) is 9.88. The quantitative estimate of drug-likeness (QED) is 0.691. The number of esters is 1. The van der Waals surface area contributed by atoms with E-state index in [1.807, 2.05) is 18.2 Å². The fourth-order valence-electron chi connectivity index (χ4n) is 1.97. The van der Waals surface area contributed by atoms with E-state index in [1.165, 1.54) is 0 Å². The predicted octanol–water partition coefficient (Wildman–Crippen LogP) is 3.62. The average Bonchev–Trinajstić information content (AvgIpc) is 2.47. The molecule has 0 spiro atoms. The summed E-state index contributed by atoms with van der Waals surface area (Å²) in [6, 6.07) is 16.1. The maximum atomic E-state index is 11.9. The highest BCUT2D eigenvalue weighted by molar-refractivity contribution is 5.78. The first kappa shape index (κ1) is 15.3. The molecule has 0 bridgehead atoms. The number of rotatable bonds is 3. The SMILES string of the molecule is CC(C)(C)c1ccc(OC(=O)C(O)c2ccccc2)cc1. The summed E-state index contributed by atoms with van der Waals surface area (Å²) in [4.78, 5) is 11.9. The van der Waals surface area contributed by atoms with Crippen molar-refractivity contribution in [2.45, 2.75) is 32.3 Å². The zero-order valence-corrected chi connectivity index (χ0v) is 12.5. The molecular formula is C18H20O3. The highest BCUT2D eigenvalue weighted by atomic mass is 16.5. The van der Waals surface area contributed by atoms with Gasteiger partial charge in [0.25, 0.3) is 0 Å². The molecule has 110 valence electrons. The second kappa shape index (κ2) is 6.10. The number of carbonyl (C=O) groups excluding carboxylic acids is 1. The van der Waals surface area contributed by atoms with Crippen molar-refractivity contribution in [2.75, 3.05) is 0 Å². The van der Waals surface area contributed by atoms with Crippen LogP contribution in [0.5, 0.6) is 5.75 Å². The number of aliphatic hydroxyl groups excluding tert-OH is 1. The molecule has 0 saturated heterocycles. The third-order valence-electron chi connectivity index (χ3n) is 3.28. The lowest BCUT2D eigenvalue weighted by Gasteiger charge is -2.19. The number of hydrogen-bond donors (Lipinski definition) is 1. The van der Waals surface area contributed by atoms with Gasteiger partial charge >= 0.3 is 5.97 Å². The molecule has 0 radical (unpaired) electrons. The third-order valence-corrected chi connectivity index (χ3v) is 3.28. The highest BCUT2D eigenvalue weighted by Gasteiger charge is 2.20. The minimum Gasteiger partial charge on any atom is -0.424 e. The first-order valence-corrected chi connectivity index (χ1v) is 6.93. The monoisotopic (exact) mass is 284 g/mol. The Morgan fingerprint density at radius 2 is 1.57 bits per heavy atom. The molecule has 0 amide bonds. The van der Waals surface area contributed by atoms with Crippen molar-refractivity contribution in [3.05, 3.63) is 65.7 Å². The van der Waals surface area contributed by atoms with E-state index in [0.29, 0.717) is 11.3 Å². The maximum absolute atomic E-state index is 11.9. The van der Waals surface area contributed by atoms with Gasteiger partial charge in [0.2, 0.25) is 0 Å². The molecular weight excluding hydrogens is 264 g/mol. The van der Waals surface area contributed by atoms with Crippen molar-refractivity contribution in [3.63, 3.8) is 0 Å². The number of carbonyl (C=O) groups is 1. The van der Waals surface area contributed by atoms with Crippen LogP contribution in [0.1, 0.15) is 38.0 Å². The molecule has 0 heterocycles. The second-order valence-corrected chi connectivity index (χ2v) is 6.01. The van der Waals surface area contributed by atoms with E-state index >= 15 is 0 Å². The summed E-state index contributed by atoms with van der Waals surface area (Å²) in [6.45, 7) is 6.35. The van der Waals surface area contributed by atoms with Gasteiger partial charge in [0, 0.05) is 0 Å². The van der Waals surface area contributed by atoms with Crippen molar-refractivity contribution in [3.8, 4) is 5.75 Å². The van der Waals surface area contributed by atoms with Crippen molar-refractivity contribution in [1.82, 2.24) is 0 Å². The Kier molecular flexibility index (Phi) is 4.43. The van der Waals surface area contributed by atoms with Crippen LogP contribution < -0.4 is 4.74 Å². The van der Waals surface area contributed by atoms with Crippen molar-refractivity contribution in [2.24, 2.45) is 0 Å². The standard InChI is InChI=1S/C18H20O3/c1-18(2,3)14-9-11-15(12-10-14)21-17(20)16(19)13-7-5-4-6-8-13/h4-12,16,19H,1-3H3. The van der Waals surface area contributed by atoms with Gasteiger partial charge in [-0.15, -0.1) is 0 Å². The van der Waals surface area contributed by atoms with Crippen LogP contribution in [0, 0.1) is 0 Å². The number of hydrogen-bond acceptors (Lipinski definition) is 3. The summed E-state index contributed by atoms with van der Waals surface area (Å²) < 4.78 is 5.21. The zero-order valence-electron chi connectivity index (χ0n) is 12.5. The van der Waals surface area contributed by atoms with Gasteiger partial charge < -0.3 is 9.84 Å². The van der Waals surface area contributed by atoms with Crippen molar-refractivity contribution >= 4 is 5.97 Å². The van der Waals surface area contributed by atoms with Crippen molar-refractivity contribution in [1.29, 1.82) is 0 Å².